The van der Waals surface area contributed by atoms with Gasteiger partial charge in [0.05, 0.1) is 6.04 Å². The van der Waals surface area contributed by atoms with Gasteiger partial charge in [0.2, 0.25) is 5.91 Å². The van der Waals surface area contributed by atoms with Crippen LogP contribution in [0.2, 0.25) is 0 Å². The van der Waals surface area contributed by atoms with Gasteiger partial charge in [0, 0.05) is 6.04 Å². The molecule has 3 N–H and O–H groups in total. The van der Waals surface area contributed by atoms with Gasteiger partial charge in [-0.3, -0.25) is 4.79 Å². The molecule has 0 heterocycles. The summed E-state index contributed by atoms with van der Waals surface area (Å²) in [4.78, 5) is 11.8. The van der Waals surface area contributed by atoms with Crippen LogP contribution in [-0.4, -0.2) is 30.0 Å². The highest BCUT2D eigenvalue weighted by atomic mass is 32.2. The molecule has 1 fully saturated rings. The van der Waals surface area contributed by atoms with Crippen LogP contribution in [0.25, 0.3) is 0 Å². The number of rotatable bonds is 6. The minimum atomic E-state index is -0.337. The van der Waals surface area contributed by atoms with Crippen molar-refractivity contribution in [1.29, 1.82) is 0 Å². The van der Waals surface area contributed by atoms with Gasteiger partial charge in [-0.2, -0.15) is 11.8 Å². The molecule has 1 rings (SSSR count). The average Bonchev–Trinajstić information content (AvgIpc) is 2.79. The molecule has 1 amide bonds. The quantitative estimate of drug-likeness (QED) is 0.748. The Kier molecular flexibility index (Phi) is 6.21. The fourth-order valence-electron chi connectivity index (χ4n) is 2.28. The van der Waals surface area contributed by atoms with E-state index in [2.05, 4.69) is 12.2 Å². The second-order valence-corrected chi connectivity index (χ2v) is 5.72. The zero-order chi connectivity index (χ0) is 12.0. The number of thioether (sulfide) groups is 1. The number of nitrogens with two attached hydrogens (primary N) is 1. The van der Waals surface area contributed by atoms with Crippen LogP contribution in [0.1, 0.15) is 39.0 Å². The lowest BCUT2D eigenvalue weighted by molar-refractivity contribution is -0.123. The monoisotopic (exact) mass is 244 g/mol. The predicted octanol–water partition coefficient (Wildman–Crippen LogP) is 1.76. The molecule has 94 valence electrons. The summed E-state index contributed by atoms with van der Waals surface area (Å²) in [6, 6.07) is -0.0494. The Balaban J connectivity index is 2.26. The number of hydrogen-bond donors (Lipinski definition) is 2. The maximum atomic E-state index is 11.8. The SMILES string of the molecule is CSCC[C@H](N)C(=O)NC(C)C1CCCC1. The summed E-state index contributed by atoms with van der Waals surface area (Å²) in [6.07, 6.45) is 7.92. The minimum Gasteiger partial charge on any atom is -0.352 e. The summed E-state index contributed by atoms with van der Waals surface area (Å²) in [5, 5.41) is 3.06. The molecule has 0 aliphatic heterocycles. The van der Waals surface area contributed by atoms with Gasteiger partial charge < -0.3 is 11.1 Å². The van der Waals surface area contributed by atoms with Crippen molar-refractivity contribution in [3.05, 3.63) is 0 Å². The second kappa shape index (κ2) is 7.17. The molecular weight excluding hydrogens is 220 g/mol. The lowest BCUT2D eigenvalue weighted by Gasteiger charge is -2.22. The van der Waals surface area contributed by atoms with Crippen molar-refractivity contribution in [2.45, 2.75) is 51.1 Å². The van der Waals surface area contributed by atoms with E-state index in [0.29, 0.717) is 5.92 Å². The highest BCUT2D eigenvalue weighted by Gasteiger charge is 2.24. The van der Waals surface area contributed by atoms with Gasteiger partial charge in [0.25, 0.3) is 0 Å². The number of amides is 1. The first-order chi connectivity index (χ1) is 7.65. The van der Waals surface area contributed by atoms with E-state index in [-0.39, 0.29) is 18.0 Å². The van der Waals surface area contributed by atoms with Crippen molar-refractivity contribution in [2.75, 3.05) is 12.0 Å². The fraction of sp³-hybridized carbons (Fsp3) is 0.917. The van der Waals surface area contributed by atoms with E-state index >= 15 is 0 Å². The molecule has 2 atom stereocenters. The molecule has 0 spiro atoms. The molecule has 0 radical (unpaired) electrons. The summed E-state index contributed by atoms with van der Waals surface area (Å²) < 4.78 is 0. The zero-order valence-electron chi connectivity index (χ0n) is 10.4. The fourth-order valence-corrected chi connectivity index (χ4v) is 2.77. The van der Waals surface area contributed by atoms with Crippen LogP contribution in [0.4, 0.5) is 0 Å². The largest absolute Gasteiger partial charge is 0.352 e. The van der Waals surface area contributed by atoms with Gasteiger partial charge in [-0.25, -0.2) is 0 Å². The first kappa shape index (κ1) is 13.8. The lowest BCUT2D eigenvalue weighted by Crippen LogP contribution is -2.46. The smallest absolute Gasteiger partial charge is 0.237 e. The van der Waals surface area contributed by atoms with E-state index in [1.807, 2.05) is 6.26 Å². The third kappa shape index (κ3) is 4.34. The zero-order valence-corrected chi connectivity index (χ0v) is 11.2. The van der Waals surface area contributed by atoms with Crippen molar-refractivity contribution >= 4 is 17.7 Å². The maximum Gasteiger partial charge on any atom is 0.237 e. The van der Waals surface area contributed by atoms with E-state index < -0.39 is 0 Å². The van der Waals surface area contributed by atoms with E-state index in [1.54, 1.807) is 11.8 Å². The van der Waals surface area contributed by atoms with Crippen molar-refractivity contribution in [1.82, 2.24) is 5.32 Å². The molecule has 1 unspecified atom stereocenters. The normalized spacial score (nSPS) is 20.7. The molecular formula is C12H24N2OS. The van der Waals surface area contributed by atoms with E-state index in [1.165, 1.54) is 25.7 Å². The predicted molar refractivity (Wildman–Crippen MR) is 70.5 cm³/mol. The Morgan fingerprint density at radius 2 is 2.12 bits per heavy atom. The molecule has 0 aromatic carbocycles. The Morgan fingerprint density at radius 1 is 1.50 bits per heavy atom. The summed E-state index contributed by atoms with van der Waals surface area (Å²) in [7, 11) is 0. The summed E-state index contributed by atoms with van der Waals surface area (Å²) in [5.41, 5.74) is 5.82. The molecule has 16 heavy (non-hydrogen) atoms. The Bertz CT molecular complexity index is 217. The van der Waals surface area contributed by atoms with Crippen LogP contribution < -0.4 is 11.1 Å². The standard InChI is InChI=1S/C12H24N2OS/c1-9(10-5-3-4-6-10)14-12(15)11(13)7-8-16-2/h9-11H,3-8,13H2,1-2H3,(H,14,15)/t9?,11-/m0/s1. The van der Waals surface area contributed by atoms with E-state index in [9.17, 15) is 4.79 Å². The number of nitrogens with one attached hydrogen (secondary N) is 1. The molecule has 3 nitrogen and oxygen atoms in total. The van der Waals surface area contributed by atoms with Gasteiger partial charge in [-0.1, -0.05) is 12.8 Å². The highest BCUT2D eigenvalue weighted by molar-refractivity contribution is 7.98. The van der Waals surface area contributed by atoms with Crippen molar-refractivity contribution < 1.29 is 4.79 Å². The molecule has 4 heteroatoms. The van der Waals surface area contributed by atoms with Gasteiger partial charge in [-0.15, -0.1) is 0 Å². The summed E-state index contributed by atoms with van der Waals surface area (Å²) in [6.45, 7) is 2.11. The Labute approximate surface area is 103 Å². The van der Waals surface area contributed by atoms with E-state index in [0.717, 1.165) is 12.2 Å². The van der Waals surface area contributed by atoms with Crippen molar-refractivity contribution in [2.24, 2.45) is 11.7 Å². The minimum absolute atomic E-state index is 0.0217. The molecule has 0 aromatic rings. The third-order valence-corrected chi connectivity index (χ3v) is 4.09. The Morgan fingerprint density at radius 3 is 2.69 bits per heavy atom. The van der Waals surface area contributed by atoms with Crippen LogP contribution in [0.3, 0.4) is 0 Å². The average molecular weight is 244 g/mol. The van der Waals surface area contributed by atoms with Crippen LogP contribution in [0.5, 0.6) is 0 Å². The molecule has 1 saturated carbocycles. The maximum absolute atomic E-state index is 11.8. The van der Waals surface area contributed by atoms with Gasteiger partial charge in [0.15, 0.2) is 0 Å². The van der Waals surface area contributed by atoms with Gasteiger partial charge >= 0.3 is 0 Å². The first-order valence-corrected chi connectivity index (χ1v) is 7.59. The lowest BCUT2D eigenvalue weighted by atomic mass is 9.99. The topological polar surface area (TPSA) is 55.1 Å². The summed E-state index contributed by atoms with van der Waals surface area (Å²) in [5.74, 6) is 1.64. The van der Waals surface area contributed by atoms with Crippen LogP contribution >= 0.6 is 11.8 Å². The van der Waals surface area contributed by atoms with Gasteiger partial charge in [0.1, 0.15) is 0 Å². The second-order valence-electron chi connectivity index (χ2n) is 4.73. The van der Waals surface area contributed by atoms with Crippen LogP contribution in [-0.2, 0) is 4.79 Å². The molecule has 0 saturated heterocycles. The number of hydrogen-bond acceptors (Lipinski definition) is 3. The number of carbonyl (C=O) groups excluding carboxylic acids is 1. The van der Waals surface area contributed by atoms with Gasteiger partial charge in [-0.05, 0) is 44.1 Å². The first-order valence-electron chi connectivity index (χ1n) is 6.20. The summed E-state index contributed by atoms with van der Waals surface area (Å²) >= 11 is 1.73. The Hall–Kier alpha value is -0.220. The van der Waals surface area contributed by atoms with E-state index in [4.69, 9.17) is 5.73 Å². The number of carbonyl (C=O) groups is 1. The van der Waals surface area contributed by atoms with Crippen molar-refractivity contribution in [3.63, 3.8) is 0 Å². The molecule has 0 bridgehead atoms. The van der Waals surface area contributed by atoms with Crippen LogP contribution in [0.15, 0.2) is 0 Å². The van der Waals surface area contributed by atoms with Crippen LogP contribution in [0, 0.1) is 5.92 Å². The molecule has 1 aliphatic rings. The molecule has 1 aliphatic carbocycles. The van der Waals surface area contributed by atoms with Crippen molar-refractivity contribution in [3.8, 4) is 0 Å². The highest BCUT2D eigenvalue weighted by Crippen LogP contribution is 2.27. The third-order valence-electron chi connectivity index (χ3n) is 3.45. The molecule has 0 aromatic heterocycles.